The molecule has 1 atom stereocenters. The molecule has 0 radical (unpaired) electrons. The fourth-order valence-corrected chi connectivity index (χ4v) is 2.79. The summed E-state index contributed by atoms with van der Waals surface area (Å²) in [5.41, 5.74) is 7.01. The number of hydrogen-bond donors (Lipinski definition) is 1. The van der Waals surface area contributed by atoms with Crippen LogP contribution in [0, 0.1) is 0 Å². The van der Waals surface area contributed by atoms with Crippen molar-refractivity contribution >= 4 is 17.2 Å². The highest BCUT2D eigenvalue weighted by molar-refractivity contribution is 7.10. The van der Waals surface area contributed by atoms with E-state index in [9.17, 15) is 0 Å². The number of thiophene rings is 1. The second-order valence-electron chi connectivity index (χ2n) is 4.59. The smallest absolute Gasteiger partial charge is 0.125 e. The van der Waals surface area contributed by atoms with Crippen molar-refractivity contribution in [3.63, 3.8) is 0 Å². The highest BCUT2D eigenvalue weighted by Gasteiger charge is 2.14. The molecule has 100 valence electrons. The van der Waals surface area contributed by atoms with Gasteiger partial charge < -0.3 is 10.6 Å². The van der Waals surface area contributed by atoms with Crippen LogP contribution in [-0.4, -0.2) is 31.4 Å². The van der Waals surface area contributed by atoms with Crippen LogP contribution in [0.3, 0.4) is 0 Å². The standard InChI is InChI=1S/C15H19N3S/c1-18(2)13(14-9-6-10-19-14)11-17-15(16)12-7-4-3-5-8-12/h3-10,13H,11H2,1-2H3,(H2,16,17). The molecule has 19 heavy (non-hydrogen) atoms. The van der Waals surface area contributed by atoms with Gasteiger partial charge in [0.15, 0.2) is 0 Å². The number of nitrogens with two attached hydrogens (primary N) is 1. The first-order chi connectivity index (χ1) is 9.18. The molecule has 0 bridgehead atoms. The van der Waals surface area contributed by atoms with Gasteiger partial charge >= 0.3 is 0 Å². The maximum Gasteiger partial charge on any atom is 0.125 e. The van der Waals surface area contributed by atoms with E-state index in [2.05, 4.69) is 41.5 Å². The zero-order valence-corrected chi connectivity index (χ0v) is 12.1. The van der Waals surface area contributed by atoms with E-state index in [-0.39, 0.29) is 6.04 Å². The first kappa shape index (κ1) is 13.8. The van der Waals surface area contributed by atoms with Crippen molar-refractivity contribution in [3.8, 4) is 0 Å². The molecule has 0 saturated carbocycles. The Balaban J connectivity index is 2.11. The first-order valence-corrected chi connectivity index (χ1v) is 7.11. The van der Waals surface area contributed by atoms with Crippen molar-refractivity contribution in [2.45, 2.75) is 6.04 Å². The number of hydrogen-bond acceptors (Lipinski definition) is 3. The predicted octanol–water partition coefficient (Wildman–Crippen LogP) is 2.76. The van der Waals surface area contributed by atoms with Crippen molar-refractivity contribution in [3.05, 3.63) is 58.3 Å². The van der Waals surface area contributed by atoms with Gasteiger partial charge in [-0.3, -0.25) is 4.99 Å². The Kier molecular flexibility index (Phi) is 4.71. The van der Waals surface area contributed by atoms with Gasteiger partial charge in [-0.2, -0.15) is 0 Å². The minimum atomic E-state index is 0.280. The van der Waals surface area contributed by atoms with Gasteiger partial charge in [0.25, 0.3) is 0 Å². The molecule has 0 saturated heterocycles. The Bertz CT molecular complexity index is 518. The second-order valence-corrected chi connectivity index (χ2v) is 5.57. The van der Waals surface area contributed by atoms with Crippen LogP contribution in [0.1, 0.15) is 16.5 Å². The summed E-state index contributed by atoms with van der Waals surface area (Å²) in [6.45, 7) is 0.675. The molecule has 4 heteroatoms. The van der Waals surface area contributed by atoms with E-state index >= 15 is 0 Å². The van der Waals surface area contributed by atoms with E-state index in [1.54, 1.807) is 11.3 Å². The molecule has 0 fully saturated rings. The lowest BCUT2D eigenvalue weighted by Crippen LogP contribution is -2.23. The molecule has 3 nitrogen and oxygen atoms in total. The number of benzene rings is 1. The lowest BCUT2D eigenvalue weighted by atomic mass is 10.2. The predicted molar refractivity (Wildman–Crippen MR) is 82.8 cm³/mol. The molecular weight excluding hydrogens is 254 g/mol. The van der Waals surface area contributed by atoms with Crippen molar-refractivity contribution < 1.29 is 0 Å². The van der Waals surface area contributed by atoms with Gasteiger partial charge in [0.05, 0.1) is 12.6 Å². The third-order valence-corrected chi connectivity index (χ3v) is 3.97. The summed E-state index contributed by atoms with van der Waals surface area (Å²) >= 11 is 1.76. The summed E-state index contributed by atoms with van der Waals surface area (Å²) in [6.07, 6.45) is 0. The van der Waals surface area contributed by atoms with Gasteiger partial charge in [0.1, 0.15) is 5.84 Å². The molecule has 1 aromatic carbocycles. The summed E-state index contributed by atoms with van der Waals surface area (Å²) in [7, 11) is 4.14. The Morgan fingerprint density at radius 3 is 2.53 bits per heavy atom. The van der Waals surface area contributed by atoms with Crippen molar-refractivity contribution in [2.24, 2.45) is 10.7 Å². The van der Waals surface area contributed by atoms with Crippen LogP contribution in [0.2, 0.25) is 0 Å². The monoisotopic (exact) mass is 273 g/mol. The van der Waals surface area contributed by atoms with Gasteiger partial charge in [-0.15, -0.1) is 11.3 Å². The van der Waals surface area contributed by atoms with Gasteiger partial charge in [0.2, 0.25) is 0 Å². The summed E-state index contributed by atoms with van der Waals surface area (Å²) in [5, 5.41) is 2.09. The Hall–Kier alpha value is -1.65. The molecule has 2 aromatic rings. The Morgan fingerprint density at radius 1 is 1.21 bits per heavy atom. The van der Waals surface area contributed by atoms with Gasteiger partial charge in [-0.25, -0.2) is 0 Å². The first-order valence-electron chi connectivity index (χ1n) is 6.23. The molecule has 0 aliphatic rings. The summed E-state index contributed by atoms with van der Waals surface area (Å²) in [4.78, 5) is 8.02. The van der Waals surface area contributed by atoms with Crippen molar-refractivity contribution in [1.82, 2.24) is 4.90 Å². The number of amidine groups is 1. The van der Waals surface area contributed by atoms with E-state index in [1.807, 2.05) is 30.3 Å². The molecule has 0 aliphatic heterocycles. The quantitative estimate of drug-likeness (QED) is 0.672. The maximum atomic E-state index is 6.03. The number of rotatable bonds is 5. The molecular formula is C15H19N3S. The minimum Gasteiger partial charge on any atom is -0.384 e. The number of aliphatic imine (C=N–C) groups is 1. The van der Waals surface area contributed by atoms with E-state index in [4.69, 9.17) is 5.73 Å². The van der Waals surface area contributed by atoms with Crippen LogP contribution in [0.5, 0.6) is 0 Å². The lowest BCUT2D eigenvalue weighted by molar-refractivity contribution is 0.311. The van der Waals surface area contributed by atoms with Gasteiger partial charge in [-0.1, -0.05) is 36.4 Å². The third-order valence-electron chi connectivity index (χ3n) is 3.00. The lowest BCUT2D eigenvalue weighted by Gasteiger charge is -2.21. The zero-order valence-electron chi connectivity index (χ0n) is 11.3. The van der Waals surface area contributed by atoms with Crippen LogP contribution in [-0.2, 0) is 0 Å². The van der Waals surface area contributed by atoms with Gasteiger partial charge in [-0.05, 0) is 25.5 Å². The minimum absolute atomic E-state index is 0.280. The largest absolute Gasteiger partial charge is 0.384 e. The second kappa shape index (κ2) is 6.50. The maximum absolute atomic E-state index is 6.03. The molecule has 0 aliphatic carbocycles. The Labute approximate surface area is 118 Å². The van der Waals surface area contributed by atoms with Crippen LogP contribution in [0.4, 0.5) is 0 Å². The fraction of sp³-hybridized carbons (Fsp3) is 0.267. The van der Waals surface area contributed by atoms with Crippen molar-refractivity contribution in [2.75, 3.05) is 20.6 Å². The number of likely N-dealkylation sites (N-methyl/N-ethyl adjacent to an activating group) is 1. The summed E-state index contributed by atoms with van der Waals surface area (Å²) < 4.78 is 0. The fourth-order valence-electron chi connectivity index (χ4n) is 1.87. The SMILES string of the molecule is CN(C)C(CN=C(N)c1ccccc1)c1cccs1. The molecule has 0 spiro atoms. The Morgan fingerprint density at radius 2 is 1.95 bits per heavy atom. The van der Waals surface area contributed by atoms with E-state index in [1.165, 1.54) is 4.88 Å². The van der Waals surface area contributed by atoms with Crippen LogP contribution in [0.25, 0.3) is 0 Å². The van der Waals surface area contributed by atoms with Gasteiger partial charge in [0, 0.05) is 10.4 Å². The molecule has 2 rings (SSSR count). The van der Waals surface area contributed by atoms with E-state index in [0.717, 1.165) is 5.56 Å². The van der Waals surface area contributed by atoms with Crippen LogP contribution in [0.15, 0.2) is 52.8 Å². The van der Waals surface area contributed by atoms with Crippen LogP contribution >= 0.6 is 11.3 Å². The average molecular weight is 273 g/mol. The topological polar surface area (TPSA) is 41.6 Å². The zero-order chi connectivity index (χ0) is 13.7. The van der Waals surface area contributed by atoms with Crippen LogP contribution < -0.4 is 5.73 Å². The number of nitrogens with zero attached hydrogens (tertiary/aromatic N) is 2. The molecule has 2 N–H and O–H groups in total. The average Bonchev–Trinajstić information content (AvgIpc) is 2.93. The molecule has 1 unspecified atom stereocenters. The van der Waals surface area contributed by atoms with E-state index < -0.39 is 0 Å². The molecule has 1 aromatic heterocycles. The van der Waals surface area contributed by atoms with Crippen molar-refractivity contribution in [1.29, 1.82) is 0 Å². The third kappa shape index (κ3) is 3.66. The highest BCUT2D eigenvalue weighted by atomic mass is 32.1. The summed E-state index contributed by atoms with van der Waals surface area (Å²) in [5.74, 6) is 0.601. The normalized spacial score (nSPS) is 13.7. The molecule has 1 heterocycles. The van der Waals surface area contributed by atoms with E-state index in [0.29, 0.717) is 12.4 Å². The molecule has 0 amide bonds. The summed E-state index contributed by atoms with van der Waals surface area (Å²) in [6, 6.07) is 14.4. The highest BCUT2D eigenvalue weighted by Crippen LogP contribution is 2.23.